The molecule has 0 aliphatic rings. The minimum Gasteiger partial charge on any atom is -0.406 e. The van der Waals surface area contributed by atoms with Crippen molar-refractivity contribution in [3.63, 3.8) is 0 Å². The highest BCUT2D eigenvalue weighted by Crippen LogP contribution is 2.26. The van der Waals surface area contributed by atoms with Crippen molar-refractivity contribution in [2.45, 2.75) is 20.2 Å². The van der Waals surface area contributed by atoms with Crippen LogP contribution in [-0.4, -0.2) is 16.8 Å². The van der Waals surface area contributed by atoms with Gasteiger partial charge in [0.05, 0.1) is 0 Å². The van der Waals surface area contributed by atoms with Gasteiger partial charge in [-0.2, -0.15) is 0 Å². The molecule has 0 saturated heterocycles. The largest absolute Gasteiger partial charge is 0.573 e. The van der Waals surface area contributed by atoms with Gasteiger partial charge in [0.25, 0.3) is 0 Å². The summed E-state index contributed by atoms with van der Waals surface area (Å²) >= 11 is 0. The number of pyridine rings is 1. The van der Waals surface area contributed by atoms with Crippen molar-refractivity contribution in [3.05, 3.63) is 48.1 Å². The van der Waals surface area contributed by atoms with Crippen LogP contribution in [0, 0.1) is 16.7 Å². The van der Waals surface area contributed by atoms with Crippen LogP contribution in [-0.2, 0) is 0 Å². The van der Waals surface area contributed by atoms with E-state index in [9.17, 15) is 13.2 Å². The van der Waals surface area contributed by atoms with E-state index < -0.39 is 6.36 Å². The maximum Gasteiger partial charge on any atom is 0.573 e. The number of rotatable bonds is 3. The van der Waals surface area contributed by atoms with Gasteiger partial charge >= 0.3 is 6.36 Å². The van der Waals surface area contributed by atoms with Crippen LogP contribution >= 0.6 is 0 Å². The standard InChI is InChI=1S/C16H16F3N3O/c1-10(2)15(21)22-9-12(5-8-14(22)20)11-3-6-13(7-4-11)23-16(17,18)19/h3-10,20-21H,1-2H3. The van der Waals surface area contributed by atoms with Crippen LogP contribution in [0.4, 0.5) is 13.2 Å². The molecule has 2 aromatic rings. The minimum absolute atomic E-state index is 0.0538. The Morgan fingerprint density at radius 1 is 1.04 bits per heavy atom. The number of aromatic nitrogens is 1. The van der Waals surface area contributed by atoms with E-state index in [-0.39, 0.29) is 23.0 Å². The van der Waals surface area contributed by atoms with E-state index in [1.165, 1.54) is 28.8 Å². The van der Waals surface area contributed by atoms with Gasteiger partial charge in [-0.1, -0.05) is 26.0 Å². The Kier molecular flexibility index (Phi) is 4.58. The topological polar surface area (TPSA) is 61.9 Å². The second kappa shape index (κ2) is 6.28. The zero-order valence-corrected chi connectivity index (χ0v) is 12.6. The van der Waals surface area contributed by atoms with E-state index in [1.807, 2.05) is 13.8 Å². The third kappa shape index (κ3) is 4.21. The van der Waals surface area contributed by atoms with Crippen molar-refractivity contribution in [2.24, 2.45) is 5.92 Å². The van der Waals surface area contributed by atoms with Gasteiger partial charge < -0.3 is 4.74 Å². The molecule has 0 saturated carbocycles. The monoisotopic (exact) mass is 323 g/mol. The lowest BCUT2D eigenvalue weighted by Crippen LogP contribution is -2.29. The van der Waals surface area contributed by atoms with Crippen molar-refractivity contribution in [3.8, 4) is 16.9 Å². The smallest absolute Gasteiger partial charge is 0.406 e. The van der Waals surface area contributed by atoms with Crippen LogP contribution in [0.15, 0.2) is 42.6 Å². The Morgan fingerprint density at radius 3 is 2.13 bits per heavy atom. The van der Waals surface area contributed by atoms with Gasteiger partial charge in [0.2, 0.25) is 0 Å². The fourth-order valence-corrected chi connectivity index (χ4v) is 2.00. The average Bonchev–Trinajstić information content (AvgIpc) is 2.46. The lowest BCUT2D eigenvalue weighted by atomic mass is 10.1. The molecular formula is C16H16F3N3O. The zero-order valence-electron chi connectivity index (χ0n) is 12.6. The highest BCUT2D eigenvalue weighted by atomic mass is 19.4. The van der Waals surface area contributed by atoms with Crippen molar-refractivity contribution >= 4 is 5.84 Å². The molecule has 2 rings (SSSR count). The number of benzene rings is 1. The van der Waals surface area contributed by atoms with Crippen molar-refractivity contribution in [1.29, 1.82) is 10.8 Å². The summed E-state index contributed by atoms with van der Waals surface area (Å²) in [6, 6.07) is 8.70. The molecule has 0 aliphatic heterocycles. The van der Waals surface area contributed by atoms with Gasteiger partial charge in [-0.05, 0) is 35.4 Å². The summed E-state index contributed by atoms with van der Waals surface area (Å²) < 4.78 is 41.8. The van der Waals surface area contributed by atoms with Gasteiger partial charge in [0.1, 0.15) is 17.1 Å². The molecular weight excluding hydrogens is 307 g/mol. The summed E-state index contributed by atoms with van der Waals surface area (Å²) in [5.41, 5.74) is 1.54. The Hall–Kier alpha value is -2.57. The second-order valence-electron chi connectivity index (χ2n) is 5.29. The van der Waals surface area contributed by atoms with Crippen LogP contribution < -0.4 is 10.2 Å². The molecule has 0 bridgehead atoms. The lowest BCUT2D eigenvalue weighted by molar-refractivity contribution is -0.274. The summed E-state index contributed by atoms with van der Waals surface area (Å²) in [6.07, 6.45) is -3.09. The molecule has 0 radical (unpaired) electrons. The first kappa shape index (κ1) is 16.8. The van der Waals surface area contributed by atoms with Gasteiger partial charge in [-0.25, -0.2) is 0 Å². The van der Waals surface area contributed by atoms with Gasteiger partial charge in [0, 0.05) is 12.1 Å². The Balaban J connectivity index is 2.34. The number of hydrogen-bond acceptors (Lipinski definition) is 3. The van der Waals surface area contributed by atoms with E-state index in [0.29, 0.717) is 11.1 Å². The predicted molar refractivity (Wildman–Crippen MR) is 80.4 cm³/mol. The number of ether oxygens (including phenoxy) is 1. The number of nitrogens with zero attached hydrogens (tertiary/aromatic N) is 1. The normalized spacial score (nSPS) is 11.6. The summed E-state index contributed by atoms with van der Waals surface area (Å²) in [4.78, 5) is 0. The first-order valence-electron chi connectivity index (χ1n) is 6.89. The Labute approximate surface area is 131 Å². The minimum atomic E-state index is -4.72. The molecule has 1 aromatic carbocycles. The maximum absolute atomic E-state index is 12.2. The first-order valence-corrected chi connectivity index (χ1v) is 6.89. The van der Waals surface area contributed by atoms with E-state index >= 15 is 0 Å². The van der Waals surface area contributed by atoms with E-state index in [1.54, 1.807) is 18.3 Å². The molecule has 0 amide bonds. The second-order valence-corrected chi connectivity index (χ2v) is 5.29. The molecule has 0 spiro atoms. The van der Waals surface area contributed by atoms with Gasteiger partial charge in [-0.3, -0.25) is 15.4 Å². The molecule has 23 heavy (non-hydrogen) atoms. The highest BCUT2D eigenvalue weighted by molar-refractivity contribution is 5.84. The molecule has 0 atom stereocenters. The van der Waals surface area contributed by atoms with Crippen LogP contribution in [0.1, 0.15) is 13.8 Å². The number of halogens is 3. The number of nitrogens with one attached hydrogen (secondary N) is 2. The Bertz CT molecular complexity index is 761. The summed E-state index contributed by atoms with van der Waals surface area (Å²) in [5, 5.41) is 15.9. The molecule has 122 valence electrons. The summed E-state index contributed by atoms with van der Waals surface area (Å²) in [5.74, 6) is -0.0723. The number of alkyl halides is 3. The van der Waals surface area contributed by atoms with Crippen molar-refractivity contribution in [2.75, 3.05) is 0 Å². The van der Waals surface area contributed by atoms with Crippen LogP contribution in [0.2, 0.25) is 0 Å². The average molecular weight is 323 g/mol. The highest BCUT2D eigenvalue weighted by Gasteiger charge is 2.30. The fraction of sp³-hybridized carbons (Fsp3) is 0.250. The lowest BCUT2D eigenvalue weighted by Gasteiger charge is -2.14. The summed E-state index contributed by atoms with van der Waals surface area (Å²) in [6.45, 7) is 3.70. The molecule has 0 unspecified atom stereocenters. The van der Waals surface area contributed by atoms with Crippen LogP contribution in [0.5, 0.6) is 5.75 Å². The quantitative estimate of drug-likeness (QED) is 0.650. The molecule has 2 N–H and O–H groups in total. The summed E-state index contributed by atoms with van der Waals surface area (Å²) in [7, 11) is 0. The van der Waals surface area contributed by atoms with Gasteiger partial charge in [0.15, 0.2) is 0 Å². The van der Waals surface area contributed by atoms with E-state index in [0.717, 1.165) is 0 Å². The van der Waals surface area contributed by atoms with Crippen LogP contribution in [0.3, 0.4) is 0 Å². The predicted octanol–water partition coefficient (Wildman–Crippen LogP) is 4.01. The third-order valence-corrected chi connectivity index (χ3v) is 3.18. The molecule has 0 aliphatic carbocycles. The van der Waals surface area contributed by atoms with E-state index in [4.69, 9.17) is 10.8 Å². The SMILES string of the molecule is CC(C)C(=N)n1cc(-c2ccc(OC(F)(F)F)cc2)ccc1=N. The molecule has 0 fully saturated rings. The molecule has 1 heterocycles. The maximum atomic E-state index is 12.2. The van der Waals surface area contributed by atoms with Crippen LogP contribution in [0.25, 0.3) is 11.1 Å². The van der Waals surface area contributed by atoms with Crippen molar-refractivity contribution < 1.29 is 17.9 Å². The van der Waals surface area contributed by atoms with Gasteiger partial charge in [-0.15, -0.1) is 13.2 Å². The van der Waals surface area contributed by atoms with Crippen molar-refractivity contribution in [1.82, 2.24) is 4.57 Å². The van der Waals surface area contributed by atoms with E-state index in [2.05, 4.69) is 4.74 Å². The molecule has 4 nitrogen and oxygen atoms in total. The number of hydrogen-bond donors (Lipinski definition) is 2. The first-order chi connectivity index (χ1) is 10.7. The molecule has 7 heteroatoms. The fourth-order valence-electron chi connectivity index (χ4n) is 2.00. The zero-order chi connectivity index (χ0) is 17.2. The Morgan fingerprint density at radius 2 is 1.61 bits per heavy atom. The third-order valence-electron chi connectivity index (χ3n) is 3.18. The molecule has 1 aromatic heterocycles.